The highest BCUT2D eigenvalue weighted by Crippen LogP contribution is 2.36. The van der Waals surface area contributed by atoms with E-state index in [0.29, 0.717) is 24.5 Å². The van der Waals surface area contributed by atoms with Crippen molar-refractivity contribution in [2.45, 2.75) is 45.1 Å². The molecule has 2 aliphatic carbocycles. The van der Waals surface area contributed by atoms with Crippen LogP contribution in [0.1, 0.15) is 44.6 Å². The van der Waals surface area contributed by atoms with Gasteiger partial charge in [0.25, 0.3) is 0 Å². The van der Waals surface area contributed by atoms with Gasteiger partial charge in [0.15, 0.2) is 0 Å². The number of nitrogens with zero attached hydrogens (tertiary/aromatic N) is 1. The standard InChI is InChI=1S/C26H26FNO2/c1-18-9-10-20-12-14-23(30-26(20)15-21(18)16-28)17-29-22-6-4-5-19(11-13-22)24-7-2-3-8-25(24)27/h2-4,6-8,11,13,15,20,23H,5,9-10,12,14,17H2,1H3/t20?,23-/m0/s1. The minimum Gasteiger partial charge on any atom is -0.491 e. The number of fused-ring (bicyclic) bond motifs is 1. The predicted molar refractivity (Wildman–Crippen MR) is 115 cm³/mol. The quantitative estimate of drug-likeness (QED) is 0.585. The largest absolute Gasteiger partial charge is 0.491 e. The van der Waals surface area contributed by atoms with E-state index in [0.717, 1.165) is 53.9 Å². The molecule has 0 bridgehead atoms. The van der Waals surface area contributed by atoms with Gasteiger partial charge in [-0.2, -0.15) is 5.26 Å². The summed E-state index contributed by atoms with van der Waals surface area (Å²) in [5.74, 6) is 1.86. The molecule has 1 aliphatic heterocycles. The van der Waals surface area contributed by atoms with Gasteiger partial charge in [-0.3, -0.25) is 0 Å². The fourth-order valence-corrected chi connectivity index (χ4v) is 4.17. The molecule has 3 nitrogen and oxygen atoms in total. The van der Waals surface area contributed by atoms with Crippen molar-refractivity contribution in [3.63, 3.8) is 0 Å². The minimum atomic E-state index is -0.210. The molecule has 1 fully saturated rings. The Bertz CT molecular complexity index is 1010. The van der Waals surface area contributed by atoms with E-state index in [1.807, 2.05) is 43.4 Å². The minimum absolute atomic E-state index is 0.0292. The lowest BCUT2D eigenvalue weighted by molar-refractivity contribution is -0.00174. The maximum atomic E-state index is 14.1. The van der Waals surface area contributed by atoms with Gasteiger partial charge < -0.3 is 9.47 Å². The Balaban J connectivity index is 1.40. The number of allylic oxidation sites excluding steroid dienone is 9. The summed E-state index contributed by atoms with van der Waals surface area (Å²) in [5.41, 5.74) is 3.42. The zero-order valence-electron chi connectivity index (χ0n) is 17.2. The van der Waals surface area contributed by atoms with Crippen molar-refractivity contribution < 1.29 is 13.9 Å². The molecule has 30 heavy (non-hydrogen) atoms. The highest BCUT2D eigenvalue weighted by atomic mass is 19.1. The fraction of sp³-hybridized carbons (Fsp3) is 0.346. The van der Waals surface area contributed by atoms with Crippen molar-refractivity contribution in [2.24, 2.45) is 5.92 Å². The summed E-state index contributed by atoms with van der Waals surface area (Å²) in [5, 5.41) is 9.39. The van der Waals surface area contributed by atoms with E-state index in [4.69, 9.17) is 9.47 Å². The Hall–Kier alpha value is -3.06. The smallest absolute Gasteiger partial charge is 0.132 e. The summed E-state index contributed by atoms with van der Waals surface area (Å²) in [7, 11) is 0. The van der Waals surface area contributed by atoms with E-state index in [9.17, 15) is 9.65 Å². The van der Waals surface area contributed by atoms with Crippen LogP contribution in [0.4, 0.5) is 4.39 Å². The monoisotopic (exact) mass is 403 g/mol. The van der Waals surface area contributed by atoms with Crippen LogP contribution < -0.4 is 0 Å². The highest BCUT2D eigenvalue weighted by Gasteiger charge is 2.29. The van der Waals surface area contributed by atoms with E-state index in [1.54, 1.807) is 12.1 Å². The molecular weight excluding hydrogens is 377 g/mol. The maximum Gasteiger partial charge on any atom is 0.132 e. The molecule has 1 saturated heterocycles. The predicted octanol–water partition coefficient (Wildman–Crippen LogP) is 6.38. The van der Waals surface area contributed by atoms with Crippen LogP contribution in [0.25, 0.3) is 5.57 Å². The number of hydrogen-bond donors (Lipinski definition) is 0. The van der Waals surface area contributed by atoms with Crippen LogP contribution in [-0.4, -0.2) is 12.7 Å². The lowest BCUT2D eigenvalue weighted by Crippen LogP contribution is -2.28. The third-order valence-electron chi connectivity index (χ3n) is 6.00. The topological polar surface area (TPSA) is 42.2 Å². The number of hydrogen-bond acceptors (Lipinski definition) is 3. The van der Waals surface area contributed by atoms with E-state index in [1.165, 1.54) is 6.07 Å². The van der Waals surface area contributed by atoms with Gasteiger partial charge in [-0.05, 0) is 68.9 Å². The summed E-state index contributed by atoms with van der Waals surface area (Å²) >= 11 is 0. The van der Waals surface area contributed by atoms with Crippen molar-refractivity contribution in [1.82, 2.24) is 0 Å². The molecule has 1 aromatic carbocycles. The summed E-state index contributed by atoms with van der Waals surface area (Å²) in [6.07, 6.45) is 14.3. The second-order valence-electron chi connectivity index (χ2n) is 8.06. The summed E-state index contributed by atoms with van der Waals surface area (Å²) < 4.78 is 26.3. The van der Waals surface area contributed by atoms with Crippen molar-refractivity contribution in [2.75, 3.05) is 6.61 Å². The third kappa shape index (κ3) is 4.57. The Morgan fingerprint density at radius 1 is 1.20 bits per heavy atom. The third-order valence-corrected chi connectivity index (χ3v) is 6.00. The highest BCUT2D eigenvalue weighted by molar-refractivity contribution is 5.69. The van der Waals surface area contributed by atoms with E-state index in [2.05, 4.69) is 6.07 Å². The van der Waals surface area contributed by atoms with Gasteiger partial charge in [-0.15, -0.1) is 0 Å². The van der Waals surface area contributed by atoms with E-state index in [-0.39, 0.29) is 11.9 Å². The van der Waals surface area contributed by atoms with Crippen LogP contribution in [0.3, 0.4) is 0 Å². The van der Waals surface area contributed by atoms with E-state index >= 15 is 0 Å². The Kier molecular flexibility index (Phi) is 6.18. The summed E-state index contributed by atoms with van der Waals surface area (Å²) in [4.78, 5) is 0. The van der Waals surface area contributed by atoms with Crippen molar-refractivity contribution in [3.05, 3.63) is 88.7 Å². The van der Waals surface area contributed by atoms with Gasteiger partial charge in [-0.25, -0.2) is 4.39 Å². The molecule has 154 valence electrons. The zero-order valence-corrected chi connectivity index (χ0v) is 17.2. The van der Waals surface area contributed by atoms with Gasteiger partial charge in [0.2, 0.25) is 0 Å². The molecular formula is C26H26FNO2. The Morgan fingerprint density at radius 2 is 2.07 bits per heavy atom. The fourth-order valence-electron chi connectivity index (χ4n) is 4.17. The molecule has 1 aromatic rings. The molecule has 3 aliphatic rings. The molecule has 0 saturated carbocycles. The van der Waals surface area contributed by atoms with Gasteiger partial charge >= 0.3 is 0 Å². The van der Waals surface area contributed by atoms with Crippen LogP contribution in [-0.2, 0) is 9.47 Å². The molecule has 0 N–H and O–H groups in total. The van der Waals surface area contributed by atoms with Gasteiger partial charge in [0.1, 0.15) is 30.0 Å². The lowest BCUT2D eigenvalue weighted by Gasteiger charge is -2.31. The molecule has 0 radical (unpaired) electrons. The van der Waals surface area contributed by atoms with Crippen molar-refractivity contribution >= 4 is 5.57 Å². The first-order chi connectivity index (χ1) is 14.6. The van der Waals surface area contributed by atoms with Crippen molar-refractivity contribution in [1.29, 1.82) is 5.26 Å². The molecule has 1 unspecified atom stereocenters. The number of benzene rings is 1. The first-order valence-corrected chi connectivity index (χ1v) is 10.6. The van der Waals surface area contributed by atoms with Gasteiger partial charge in [0, 0.05) is 11.5 Å². The van der Waals surface area contributed by atoms with Crippen LogP contribution in [0.15, 0.2) is 77.3 Å². The number of halogens is 1. The number of nitriles is 1. The van der Waals surface area contributed by atoms with Crippen LogP contribution in [0.2, 0.25) is 0 Å². The van der Waals surface area contributed by atoms with Crippen molar-refractivity contribution in [3.8, 4) is 6.07 Å². The first kappa shape index (κ1) is 20.2. The van der Waals surface area contributed by atoms with Gasteiger partial charge in [-0.1, -0.05) is 35.9 Å². The van der Waals surface area contributed by atoms with Crippen LogP contribution in [0.5, 0.6) is 0 Å². The first-order valence-electron chi connectivity index (χ1n) is 10.6. The van der Waals surface area contributed by atoms with Gasteiger partial charge in [0.05, 0.1) is 11.6 Å². The molecule has 4 rings (SSSR count). The molecule has 0 aromatic heterocycles. The normalized spacial score (nSPS) is 23.7. The summed E-state index contributed by atoms with van der Waals surface area (Å²) in [6, 6.07) is 9.12. The average Bonchev–Trinajstić information content (AvgIpc) is 3.09. The summed E-state index contributed by atoms with van der Waals surface area (Å²) in [6.45, 7) is 2.48. The molecule has 1 heterocycles. The maximum absolute atomic E-state index is 14.1. The number of rotatable bonds is 4. The van der Waals surface area contributed by atoms with E-state index < -0.39 is 0 Å². The zero-order chi connectivity index (χ0) is 20.9. The lowest BCUT2D eigenvalue weighted by atomic mass is 9.91. The molecule has 0 amide bonds. The molecule has 0 spiro atoms. The van der Waals surface area contributed by atoms with Crippen LogP contribution in [0, 0.1) is 23.1 Å². The average molecular weight is 403 g/mol. The Morgan fingerprint density at radius 3 is 2.90 bits per heavy atom. The second kappa shape index (κ2) is 9.17. The molecule has 4 heteroatoms. The molecule has 2 atom stereocenters. The SMILES string of the molecule is CC1=C(C#N)C=C2O[C@H](COC3=CC=C(c4ccccc4F)CC=C3)CCC2CC1. The number of ether oxygens (including phenoxy) is 2. The van der Waals surface area contributed by atoms with Crippen LogP contribution >= 0.6 is 0 Å². The second-order valence-corrected chi connectivity index (χ2v) is 8.06. The Labute approximate surface area is 177 Å².